The molecule has 9 aromatic rings. The number of ether oxygens (including phenoxy) is 3. The Hall–Kier alpha value is -6.66. The molecule has 0 N–H and O–H groups in total. The van der Waals surface area contributed by atoms with E-state index >= 15 is 0 Å². The Kier molecular flexibility index (Phi) is 26.4. The highest BCUT2D eigenvalue weighted by molar-refractivity contribution is 7.99. The monoisotopic (exact) mass is 1410 g/mol. The maximum Gasteiger partial charge on any atom is 0.215 e. The van der Waals surface area contributed by atoms with Gasteiger partial charge < -0.3 is 14.2 Å². The Morgan fingerprint density at radius 3 is 1.00 bits per heavy atom. The van der Waals surface area contributed by atoms with Crippen molar-refractivity contribution >= 4 is 35.3 Å². The smallest absolute Gasteiger partial charge is 0.215 e. The maximum atomic E-state index is 5.60. The highest BCUT2D eigenvalue weighted by Crippen LogP contribution is 2.33. The molecule has 0 bridgehead atoms. The fraction of sp³-hybridized carbons (Fsp3) is 0.640. The van der Waals surface area contributed by atoms with Crippen LogP contribution in [0.2, 0.25) is 0 Å². The summed E-state index contributed by atoms with van der Waals surface area (Å²) in [6.45, 7) is 49.8. The van der Waals surface area contributed by atoms with Gasteiger partial charge in [-0.15, -0.1) is 35.3 Å². The summed E-state index contributed by atoms with van der Waals surface area (Å²) in [5, 5.41) is 43.9. The van der Waals surface area contributed by atoms with Crippen LogP contribution in [-0.2, 0) is 78.2 Å². The first-order valence-corrected chi connectivity index (χ1v) is 39.6. The van der Waals surface area contributed by atoms with Crippen molar-refractivity contribution in [1.82, 2.24) is 88.0 Å². The van der Waals surface area contributed by atoms with Gasteiger partial charge in [0.05, 0.1) is 92.6 Å². The highest BCUT2D eigenvalue weighted by Gasteiger charge is 2.23. The molecule has 0 spiro atoms. The highest BCUT2D eigenvalue weighted by atomic mass is 32.2. The van der Waals surface area contributed by atoms with E-state index in [0.29, 0.717) is 0 Å². The van der Waals surface area contributed by atoms with E-state index in [1.807, 2.05) is 77.0 Å². The van der Waals surface area contributed by atoms with Gasteiger partial charge in [-0.05, 0) is 231 Å². The lowest BCUT2D eigenvalue weighted by molar-refractivity contribution is 0.229. The number of hydrogen-bond acceptors (Lipinski definition) is 15. The van der Waals surface area contributed by atoms with E-state index in [2.05, 4.69) is 171 Å². The fourth-order valence-electron chi connectivity index (χ4n) is 13.5. The number of thioether (sulfide) groups is 3. The van der Waals surface area contributed by atoms with Crippen LogP contribution in [0, 0.1) is 125 Å². The summed E-state index contributed by atoms with van der Waals surface area (Å²) in [5.41, 5.74) is 26.7. The van der Waals surface area contributed by atoms with E-state index in [4.69, 9.17) is 14.2 Å². The Morgan fingerprint density at radius 1 is 0.222 bits per heavy atom. The minimum absolute atomic E-state index is 0.781. The Balaban J connectivity index is 0.000000121. The molecule has 0 atom stereocenters. The second-order valence-corrected chi connectivity index (χ2v) is 30.9. The average Bonchev–Trinajstić information content (AvgIpc) is 1.68. The zero-order valence-corrected chi connectivity index (χ0v) is 65.7. The molecule has 0 saturated carbocycles. The first-order chi connectivity index (χ1) is 47.6. The van der Waals surface area contributed by atoms with Crippen molar-refractivity contribution in [3.05, 3.63) is 118 Å². The number of aromatic nitrogens is 18. The summed E-state index contributed by atoms with van der Waals surface area (Å²) in [6.07, 6.45) is 18.9. The van der Waals surface area contributed by atoms with Crippen molar-refractivity contribution in [2.45, 2.75) is 295 Å². The molecule has 99 heavy (non-hydrogen) atoms. The minimum Gasteiger partial charge on any atom is -0.478 e. The number of hydrogen-bond donors (Lipinski definition) is 0. The lowest BCUT2D eigenvalue weighted by Gasteiger charge is -2.14. The summed E-state index contributed by atoms with van der Waals surface area (Å²) < 4.78 is 35.2. The first kappa shape index (κ1) is 75.0. The van der Waals surface area contributed by atoms with Crippen LogP contribution in [-0.4, -0.2) is 125 Å². The molecule has 24 heteroatoms. The van der Waals surface area contributed by atoms with E-state index in [1.54, 1.807) is 0 Å². The van der Waals surface area contributed by atoms with E-state index in [1.165, 1.54) is 217 Å². The topological polar surface area (TPSA) is 188 Å². The van der Waals surface area contributed by atoms with Crippen molar-refractivity contribution in [1.29, 1.82) is 0 Å². The molecule has 9 aliphatic rings. The maximum absolute atomic E-state index is 5.60. The van der Waals surface area contributed by atoms with Gasteiger partial charge >= 0.3 is 0 Å². The van der Waals surface area contributed by atoms with Gasteiger partial charge in [0.1, 0.15) is 6.61 Å². The summed E-state index contributed by atoms with van der Waals surface area (Å²) >= 11 is 5.81. The SMILES string of the molecule is Cc1nn2c(c1C)CCC2.Cc1nn2c(c1C)CCCC2.Cc1nn2c(c1C)CCCCC2.Cc1nn2c(c1C)OCC2.Cc1nn2c(c1C)OCCC2.Cc1nn2c(c1C)OCCCC2.Cc1nn2c(c1C)SCC2.Cc1nn2c(c1C)SCCC2.Cc1nn2c(c1C)SCCCC2. The zero-order chi connectivity index (χ0) is 70.6. The predicted molar refractivity (Wildman–Crippen MR) is 400 cm³/mol. The molecule has 0 radical (unpaired) electrons. The molecule has 18 heterocycles. The molecule has 0 unspecified atom stereocenters. The average molecular weight is 1410 g/mol. The van der Waals surface area contributed by atoms with Gasteiger partial charge in [0.15, 0.2) is 0 Å². The van der Waals surface area contributed by atoms with Crippen LogP contribution in [0.3, 0.4) is 0 Å². The third kappa shape index (κ3) is 18.2. The summed E-state index contributed by atoms with van der Waals surface area (Å²) in [5.74, 6) is 6.61. The summed E-state index contributed by atoms with van der Waals surface area (Å²) in [7, 11) is 0. The van der Waals surface area contributed by atoms with Crippen LogP contribution >= 0.6 is 35.3 Å². The van der Waals surface area contributed by atoms with Crippen LogP contribution in [0.1, 0.15) is 195 Å². The van der Waals surface area contributed by atoms with Crippen molar-refractivity contribution < 1.29 is 14.2 Å². The lowest BCUT2D eigenvalue weighted by atomic mass is 10.1. The van der Waals surface area contributed by atoms with Crippen molar-refractivity contribution in [2.24, 2.45) is 0 Å². The summed E-state index contributed by atoms with van der Waals surface area (Å²) in [6, 6.07) is 0. The Labute approximate surface area is 602 Å². The molecule has 540 valence electrons. The van der Waals surface area contributed by atoms with E-state index < -0.39 is 0 Å². The Morgan fingerprint density at radius 2 is 0.515 bits per heavy atom. The molecule has 0 saturated heterocycles. The largest absolute Gasteiger partial charge is 0.478 e. The molecule has 0 amide bonds. The van der Waals surface area contributed by atoms with Gasteiger partial charge in [-0.2, -0.15) is 45.9 Å². The Bertz CT molecular complexity index is 3740. The van der Waals surface area contributed by atoms with E-state index in [9.17, 15) is 0 Å². The minimum atomic E-state index is 0.781. The number of fused-ring (bicyclic) bond motifs is 9. The van der Waals surface area contributed by atoms with Gasteiger partial charge in [-0.25, -0.2) is 14.0 Å². The third-order valence-electron chi connectivity index (χ3n) is 20.6. The molecule has 0 aromatic carbocycles. The van der Waals surface area contributed by atoms with Crippen LogP contribution in [0.5, 0.6) is 17.6 Å². The van der Waals surface area contributed by atoms with Gasteiger partial charge in [0.25, 0.3) is 0 Å². The van der Waals surface area contributed by atoms with Gasteiger partial charge in [0.2, 0.25) is 17.6 Å². The fourth-order valence-corrected chi connectivity index (χ4v) is 16.9. The molecular weight excluding hydrogens is 1300 g/mol. The standard InChI is InChI=1S/C10H16N2.C9H14N2O.C9H14N2S.C9H14N2.C8H12N2O.C8H12N2S.C8H12N2.C7H10N2O.C7H10N2S/c1-8-9(2)11-12-7-5-3-4-6-10(8)12;2*1-7-8(2)10-11-5-3-4-6-12-9(7)11;1-7-8(2)10-11-6-4-3-5-9(7)11;2*1-6-7(2)9-10-4-3-5-11-8(6)10;1-6-7(2)9-10-5-3-4-8(6)10;2*1-5-6(2)8-9-3-4-10-7(5)9/h3-7H2,1-2H3;2*3-6H2,1-2H3;3-6H2,1-2H3;2*3-5H2,1-2H3;3-5H2,1-2H3;2*3-4H2,1-2H3. The van der Waals surface area contributed by atoms with Crippen LogP contribution in [0.25, 0.3) is 0 Å². The molecule has 0 fully saturated rings. The van der Waals surface area contributed by atoms with Crippen molar-refractivity contribution in [2.75, 3.05) is 37.1 Å². The number of rotatable bonds is 0. The number of nitrogens with zero attached hydrogens (tertiary/aromatic N) is 18. The second-order valence-electron chi connectivity index (χ2n) is 27.7. The zero-order valence-electron chi connectivity index (χ0n) is 63.2. The molecule has 0 aliphatic carbocycles. The number of aryl methyl sites for hydroxylation is 17. The normalized spacial score (nSPS) is 16.3. The predicted octanol–water partition coefficient (Wildman–Crippen LogP) is 15.3. The van der Waals surface area contributed by atoms with Crippen LogP contribution < -0.4 is 14.2 Å². The molecule has 21 nitrogen and oxygen atoms in total. The van der Waals surface area contributed by atoms with Gasteiger partial charge in [-0.1, -0.05) is 6.42 Å². The molecule has 9 aliphatic heterocycles. The third-order valence-corrected chi connectivity index (χ3v) is 24.3. The van der Waals surface area contributed by atoms with E-state index in [-0.39, 0.29) is 0 Å². The van der Waals surface area contributed by atoms with Crippen molar-refractivity contribution in [3.63, 3.8) is 0 Å². The van der Waals surface area contributed by atoms with E-state index in [0.717, 1.165) is 126 Å². The van der Waals surface area contributed by atoms with Crippen molar-refractivity contribution in [3.8, 4) is 17.6 Å². The van der Waals surface area contributed by atoms with Crippen LogP contribution in [0.4, 0.5) is 0 Å². The van der Waals surface area contributed by atoms with Gasteiger partial charge in [0, 0.05) is 114 Å². The van der Waals surface area contributed by atoms with Crippen LogP contribution in [0.15, 0.2) is 15.1 Å². The van der Waals surface area contributed by atoms with Gasteiger partial charge in [-0.3, -0.25) is 28.1 Å². The quantitative estimate of drug-likeness (QED) is 0.139. The summed E-state index contributed by atoms with van der Waals surface area (Å²) in [4.78, 5) is 0. The molecule has 18 rings (SSSR count). The lowest BCUT2D eigenvalue weighted by Crippen LogP contribution is -2.14. The molecular formula is C75H114N18O3S3. The molecule has 9 aromatic heterocycles. The second kappa shape index (κ2) is 34.8. The first-order valence-electron chi connectivity index (χ1n) is 36.7.